The van der Waals surface area contributed by atoms with E-state index in [2.05, 4.69) is 4.98 Å². The smallest absolute Gasteiger partial charge is 0.347 e. The molecule has 1 N–H and O–H groups in total. The largest absolute Gasteiger partial charge is 0.477 e. The molecule has 0 bridgehead atoms. The van der Waals surface area contributed by atoms with Gasteiger partial charge in [-0.15, -0.1) is 11.3 Å². The first-order valence-corrected chi connectivity index (χ1v) is 4.77. The summed E-state index contributed by atoms with van der Waals surface area (Å²) in [6.45, 7) is 4.35. The number of carbonyl (C=O) groups is 1. The summed E-state index contributed by atoms with van der Waals surface area (Å²) in [7, 11) is 0. The first kappa shape index (κ1) is 10.1. The average Bonchev–Trinajstić information content (AvgIpc) is 2.52. The van der Waals surface area contributed by atoms with Crippen LogP contribution < -0.4 is 0 Å². The lowest BCUT2D eigenvalue weighted by Crippen LogP contribution is -1.97. The highest BCUT2D eigenvalue weighted by molar-refractivity contribution is 7.13. The Morgan fingerprint density at radius 1 is 1.85 bits per heavy atom. The van der Waals surface area contributed by atoms with Gasteiger partial charge in [0, 0.05) is 6.61 Å². The molecule has 0 aliphatic rings. The molecule has 0 radical (unpaired) electrons. The van der Waals surface area contributed by atoms with Crippen LogP contribution in [0.1, 0.15) is 34.6 Å². The highest BCUT2D eigenvalue weighted by Gasteiger charge is 2.13. The second kappa shape index (κ2) is 4.34. The standard InChI is InChI=1S/C8H11NO3S/c1-3-12-5(2)7-9-4-6(13-7)8(10)11/h4-5H,3H2,1-2H3,(H,10,11). The fourth-order valence-electron chi connectivity index (χ4n) is 0.896. The maximum atomic E-state index is 10.5. The zero-order valence-electron chi connectivity index (χ0n) is 7.48. The normalized spacial score (nSPS) is 12.8. The zero-order chi connectivity index (χ0) is 9.84. The highest BCUT2D eigenvalue weighted by atomic mass is 32.1. The first-order valence-electron chi connectivity index (χ1n) is 3.95. The molecule has 1 aromatic rings. The van der Waals surface area contributed by atoms with Crippen molar-refractivity contribution in [1.29, 1.82) is 0 Å². The minimum atomic E-state index is -0.938. The van der Waals surface area contributed by atoms with Crippen molar-refractivity contribution in [3.63, 3.8) is 0 Å². The topological polar surface area (TPSA) is 59.4 Å². The minimum absolute atomic E-state index is 0.122. The van der Waals surface area contributed by atoms with Gasteiger partial charge in [-0.3, -0.25) is 0 Å². The molecular formula is C8H11NO3S. The van der Waals surface area contributed by atoms with Crippen LogP contribution in [0.2, 0.25) is 0 Å². The quantitative estimate of drug-likeness (QED) is 0.808. The Labute approximate surface area is 80.2 Å². The number of aromatic nitrogens is 1. The van der Waals surface area contributed by atoms with Crippen LogP contribution in [-0.2, 0) is 4.74 Å². The third-order valence-electron chi connectivity index (χ3n) is 1.50. The fourth-order valence-corrected chi connectivity index (χ4v) is 1.65. The number of aromatic carboxylic acids is 1. The number of hydrogen-bond donors (Lipinski definition) is 1. The minimum Gasteiger partial charge on any atom is -0.477 e. The Hall–Kier alpha value is -0.940. The molecule has 1 atom stereocenters. The molecule has 0 fully saturated rings. The van der Waals surface area contributed by atoms with Gasteiger partial charge >= 0.3 is 5.97 Å². The van der Waals surface area contributed by atoms with Crippen molar-refractivity contribution in [2.75, 3.05) is 6.61 Å². The van der Waals surface area contributed by atoms with E-state index in [1.807, 2.05) is 13.8 Å². The molecule has 1 unspecified atom stereocenters. The van der Waals surface area contributed by atoms with Crippen LogP contribution in [0.3, 0.4) is 0 Å². The molecule has 5 heteroatoms. The second-order valence-corrected chi connectivity index (χ2v) is 3.53. The number of ether oxygens (including phenoxy) is 1. The van der Waals surface area contributed by atoms with E-state index < -0.39 is 5.97 Å². The first-order chi connectivity index (χ1) is 6.15. The zero-order valence-corrected chi connectivity index (χ0v) is 8.30. The van der Waals surface area contributed by atoms with Gasteiger partial charge in [0.15, 0.2) is 0 Å². The lowest BCUT2D eigenvalue weighted by molar-refractivity contribution is 0.0702. The third-order valence-corrected chi connectivity index (χ3v) is 2.65. The highest BCUT2D eigenvalue weighted by Crippen LogP contribution is 2.22. The maximum absolute atomic E-state index is 10.5. The molecule has 1 aromatic heterocycles. The van der Waals surface area contributed by atoms with Crippen molar-refractivity contribution in [3.8, 4) is 0 Å². The average molecular weight is 201 g/mol. The van der Waals surface area contributed by atoms with E-state index in [0.717, 1.165) is 11.3 Å². The molecule has 0 aromatic carbocycles. The van der Waals surface area contributed by atoms with Gasteiger partial charge < -0.3 is 9.84 Å². The molecule has 1 heterocycles. The van der Waals surface area contributed by atoms with Crippen LogP contribution in [0, 0.1) is 0 Å². The molecule has 0 aliphatic carbocycles. The number of nitrogens with zero attached hydrogens (tertiary/aromatic N) is 1. The molecule has 0 amide bonds. The molecule has 0 aliphatic heterocycles. The van der Waals surface area contributed by atoms with Gasteiger partial charge in [-0.2, -0.15) is 0 Å². The molecule has 0 spiro atoms. The van der Waals surface area contributed by atoms with E-state index in [1.165, 1.54) is 6.20 Å². The Morgan fingerprint density at radius 2 is 2.54 bits per heavy atom. The third kappa shape index (κ3) is 2.50. The van der Waals surface area contributed by atoms with Crippen LogP contribution in [0.4, 0.5) is 0 Å². The Bertz CT molecular complexity index is 297. The SMILES string of the molecule is CCOC(C)c1ncc(C(=O)O)s1. The van der Waals surface area contributed by atoms with Gasteiger partial charge in [-0.25, -0.2) is 9.78 Å². The van der Waals surface area contributed by atoms with Gasteiger partial charge in [0.25, 0.3) is 0 Å². The van der Waals surface area contributed by atoms with E-state index >= 15 is 0 Å². The summed E-state index contributed by atoms with van der Waals surface area (Å²) in [5, 5.41) is 9.35. The number of carboxylic acid groups (broad SMARTS) is 1. The Morgan fingerprint density at radius 3 is 3.00 bits per heavy atom. The maximum Gasteiger partial charge on any atom is 0.347 e. The van der Waals surface area contributed by atoms with Crippen LogP contribution in [0.5, 0.6) is 0 Å². The van der Waals surface area contributed by atoms with Crippen LogP contribution in [-0.4, -0.2) is 22.7 Å². The van der Waals surface area contributed by atoms with Crippen LogP contribution >= 0.6 is 11.3 Å². The lowest BCUT2D eigenvalue weighted by atomic mass is 10.4. The summed E-state index contributed by atoms with van der Waals surface area (Å²) in [4.78, 5) is 14.7. The van der Waals surface area contributed by atoms with E-state index in [0.29, 0.717) is 11.6 Å². The molecular weight excluding hydrogens is 190 g/mol. The van der Waals surface area contributed by atoms with E-state index in [9.17, 15) is 4.79 Å². The van der Waals surface area contributed by atoms with Crippen LogP contribution in [0.15, 0.2) is 6.20 Å². The van der Waals surface area contributed by atoms with Crippen molar-refractivity contribution in [1.82, 2.24) is 4.98 Å². The monoisotopic (exact) mass is 201 g/mol. The van der Waals surface area contributed by atoms with Gasteiger partial charge in [-0.1, -0.05) is 0 Å². The summed E-state index contributed by atoms with van der Waals surface area (Å²) < 4.78 is 5.28. The summed E-state index contributed by atoms with van der Waals surface area (Å²) >= 11 is 1.15. The number of thiazole rings is 1. The van der Waals surface area contributed by atoms with E-state index in [-0.39, 0.29) is 11.0 Å². The van der Waals surface area contributed by atoms with Gasteiger partial charge in [0.05, 0.1) is 6.20 Å². The molecule has 72 valence electrons. The van der Waals surface area contributed by atoms with Crippen molar-refractivity contribution in [2.24, 2.45) is 0 Å². The van der Waals surface area contributed by atoms with E-state index in [4.69, 9.17) is 9.84 Å². The molecule has 0 saturated carbocycles. The second-order valence-electron chi connectivity index (χ2n) is 2.47. The summed E-state index contributed by atoms with van der Waals surface area (Å²) in [5.74, 6) is -0.938. The lowest BCUT2D eigenvalue weighted by Gasteiger charge is -2.06. The Kier molecular flexibility index (Phi) is 3.39. The number of carboxylic acids is 1. The molecule has 0 saturated heterocycles. The van der Waals surface area contributed by atoms with Crippen molar-refractivity contribution in [2.45, 2.75) is 20.0 Å². The van der Waals surface area contributed by atoms with Gasteiger partial charge in [0.1, 0.15) is 16.0 Å². The Balaban J connectivity index is 2.73. The summed E-state index contributed by atoms with van der Waals surface area (Å²) in [6.07, 6.45) is 1.24. The molecule has 1 rings (SSSR count). The number of rotatable bonds is 4. The summed E-state index contributed by atoms with van der Waals surface area (Å²) in [5.41, 5.74) is 0. The predicted octanol–water partition coefficient (Wildman–Crippen LogP) is 1.94. The van der Waals surface area contributed by atoms with Crippen LogP contribution in [0.25, 0.3) is 0 Å². The predicted molar refractivity (Wildman–Crippen MR) is 49.1 cm³/mol. The number of hydrogen-bond acceptors (Lipinski definition) is 4. The molecule has 4 nitrogen and oxygen atoms in total. The van der Waals surface area contributed by atoms with E-state index in [1.54, 1.807) is 0 Å². The van der Waals surface area contributed by atoms with Crippen molar-refractivity contribution in [3.05, 3.63) is 16.1 Å². The molecule has 13 heavy (non-hydrogen) atoms. The van der Waals surface area contributed by atoms with Crippen molar-refractivity contribution < 1.29 is 14.6 Å². The fraction of sp³-hybridized carbons (Fsp3) is 0.500. The van der Waals surface area contributed by atoms with Gasteiger partial charge in [0.2, 0.25) is 0 Å². The van der Waals surface area contributed by atoms with Crippen molar-refractivity contribution >= 4 is 17.3 Å². The van der Waals surface area contributed by atoms with Gasteiger partial charge in [-0.05, 0) is 13.8 Å². The summed E-state index contributed by atoms with van der Waals surface area (Å²) in [6, 6.07) is 0.